The van der Waals surface area contributed by atoms with Crippen molar-refractivity contribution < 1.29 is 24.2 Å². The summed E-state index contributed by atoms with van der Waals surface area (Å²) in [6.45, 7) is 3.51. The van der Waals surface area contributed by atoms with Gasteiger partial charge in [-0.05, 0) is 31.5 Å². The molecule has 1 aromatic rings. The minimum absolute atomic E-state index is 0.115. The highest BCUT2D eigenvalue weighted by molar-refractivity contribution is 5.83. The molecule has 1 fully saturated rings. The lowest BCUT2D eigenvalue weighted by atomic mass is 9.96. The Morgan fingerprint density at radius 3 is 2.48 bits per heavy atom. The second-order valence-corrected chi connectivity index (χ2v) is 5.18. The topological polar surface area (TPSA) is 76.1 Å². The summed E-state index contributed by atoms with van der Waals surface area (Å²) in [4.78, 5) is 25.1. The summed E-state index contributed by atoms with van der Waals surface area (Å²) in [7, 11) is 1.56. The molecule has 0 aliphatic carbocycles. The number of ether oxygens (including phenoxy) is 2. The first kappa shape index (κ1) is 15.3. The summed E-state index contributed by atoms with van der Waals surface area (Å²) in [5.74, 6) is -0.609. The van der Waals surface area contributed by atoms with Crippen LogP contribution in [0.2, 0.25) is 0 Å². The van der Waals surface area contributed by atoms with Gasteiger partial charge < -0.3 is 19.5 Å². The molecule has 0 saturated carbocycles. The number of aliphatic carboxylic acids is 1. The third-order valence-electron chi connectivity index (χ3n) is 3.52. The van der Waals surface area contributed by atoms with Crippen LogP contribution in [0.1, 0.15) is 25.5 Å². The van der Waals surface area contributed by atoms with Gasteiger partial charge in [-0.2, -0.15) is 0 Å². The van der Waals surface area contributed by atoms with E-state index in [9.17, 15) is 14.7 Å². The summed E-state index contributed by atoms with van der Waals surface area (Å²) in [6.07, 6.45) is -1.07. The monoisotopic (exact) mass is 293 g/mol. The summed E-state index contributed by atoms with van der Waals surface area (Å²) in [5, 5.41) is 9.37. The van der Waals surface area contributed by atoms with Gasteiger partial charge >= 0.3 is 5.97 Å². The number of methoxy groups -OCH3 is 1. The third kappa shape index (κ3) is 3.00. The zero-order chi connectivity index (χ0) is 15.6. The molecule has 1 aliphatic heterocycles. The highest BCUT2D eigenvalue weighted by atomic mass is 16.5. The van der Waals surface area contributed by atoms with Crippen LogP contribution >= 0.6 is 0 Å². The second kappa shape index (κ2) is 6.13. The van der Waals surface area contributed by atoms with Gasteiger partial charge in [-0.25, -0.2) is 4.79 Å². The van der Waals surface area contributed by atoms with Crippen LogP contribution in [0.15, 0.2) is 24.3 Å². The number of carbonyl (C=O) groups is 2. The molecule has 2 unspecified atom stereocenters. The van der Waals surface area contributed by atoms with Gasteiger partial charge in [0.2, 0.25) is 5.91 Å². The first-order valence-corrected chi connectivity index (χ1v) is 6.75. The largest absolute Gasteiger partial charge is 0.497 e. The first-order chi connectivity index (χ1) is 9.95. The predicted molar refractivity (Wildman–Crippen MR) is 75.1 cm³/mol. The maximum Gasteiger partial charge on any atom is 0.335 e. The fraction of sp³-hybridized carbons (Fsp3) is 0.467. The minimum Gasteiger partial charge on any atom is -0.497 e. The number of carboxylic acid groups (broad SMARTS) is 1. The van der Waals surface area contributed by atoms with Crippen molar-refractivity contribution in [3.63, 3.8) is 0 Å². The van der Waals surface area contributed by atoms with Gasteiger partial charge in [0.05, 0.1) is 13.2 Å². The molecule has 6 nitrogen and oxygen atoms in total. The van der Waals surface area contributed by atoms with E-state index in [-0.39, 0.29) is 18.6 Å². The Morgan fingerprint density at radius 2 is 2.00 bits per heavy atom. The van der Waals surface area contributed by atoms with E-state index < -0.39 is 18.1 Å². The van der Waals surface area contributed by atoms with Crippen LogP contribution in [-0.4, -0.2) is 47.7 Å². The number of benzene rings is 1. The number of hydrogen-bond acceptors (Lipinski definition) is 4. The molecule has 1 N–H and O–H groups in total. The quantitative estimate of drug-likeness (QED) is 0.909. The zero-order valence-corrected chi connectivity index (χ0v) is 12.3. The molecule has 6 heteroatoms. The van der Waals surface area contributed by atoms with Crippen molar-refractivity contribution in [1.29, 1.82) is 0 Å². The van der Waals surface area contributed by atoms with E-state index in [1.54, 1.807) is 36.3 Å². The van der Waals surface area contributed by atoms with Crippen molar-refractivity contribution in [2.45, 2.75) is 32.0 Å². The molecule has 1 amide bonds. The van der Waals surface area contributed by atoms with Crippen molar-refractivity contribution in [2.75, 3.05) is 13.7 Å². The number of morpholine rings is 1. The van der Waals surface area contributed by atoms with Crippen molar-refractivity contribution in [3.8, 4) is 5.75 Å². The van der Waals surface area contributed by atoms with Crippen LogP contribution in [0.5, 0.6) is 5.75 Å². The molecule has 1 heterocycles. The second-order valence-electron chi connectivity index (χ2n) is 5.18. The van der Waals surface area contributed by atoms with E-state index in [1.807, 2.05) is 13.8 Å². The third-order valence-corrected chi connectivity index (χ3v) is 3.52. The molecule has 0 radical (unpaired) electrons. The Morgan fingerprint density at radius 1 is 1.38 bits per heavy atom. The Labute approximate surface area is 123 Å². The molecule has 21 heavy (non-hydrogen) atoms. The van der Waals surface area contributed by atoms with Crippen molar-refractivity contribution in [3.05, 3.63) is 29.8 Å². The fourth-order valence-electron chi connectivity index (χ4n) is 2.58. The van der Waals surface area contributed by atoms with Gasteiger partial charge in [-0.3, -0.25) is 4.79 Å². The Balaban J connectivity index is 2.43. The van der Waals surface area contributed by atoms with E-state index >= 15 is 0 Å². The molecule has 0 bridgehead atoms. The Kier molecular flexibility index (Phi) is 4.47. The van der Waals surface area contributed by atoms with Gasteiger partial charge in [-0.1, -0.05) is 12.1 Å². The van der Waals surface area contributed by atoms with Gasteiger partial charge in [0, 0.05) is 6.04 Å². The predicted octanol–water partition coefficient (Wildman–Crippen LogP) is 1.46. The fourth-order valence-corrected chi connectivity index (χ4v) is 2.58. The number of amides is 1. The molecule has 0 spiro atoms. The van der Waals surface area contributed by atoms with Gasteiger partial charge in [0.25, 0.3) is 0 Å². The van der Waals surface area contributed by atoms with E-state index in [0.717, 1.165) is 0 Å². The molecular formula is C15H19NO5. The van der Waals surface area contributed by atoms with Crippen LogP contribution in [0.4, 0.5) is 0 Å². The number of carbonyl (C=O) groups excluding carboxylic acids is 1. The van der Waals surface area contributed by atoms with Crippen LogP contribution in [0.3, 0.4) is 0 Å². The summed E-state index contributed by atoms with van der Waals surface area (Å²) in [6, 6.07) is 6.25. The minimum atomic E-state index is -1.08. The molecule has 2 rings (SSSR count). The maximum atomic E-state index is 12.1. The lowest BCUT2D eigenvalue weighted by Crippen LogP contribution is -2.54. The number of hydrogen-bond donors (Lipinski definition) is 1. The average molecular weight is 293 g/mol. The summed E-state index contributed by atoms with van der Waals surface area (Å²) < 4.78 is 10.3. The molecule has 0 aromatic heterocycles. The Bertz CT molecular complexity index is 525. The van der Waals surface area contributed by atoms with Gasteiger partial charge in [0.1, 0.15) is 12.4 Å². The van der Waals surface area contributed by atoms with Crippen molar-refractivity contribution in [2.24, 2.45) is 0 Å². The van der Waals surface area contributed by atoms with Crippen LogP contribution in [-0.2, 0) is 14.3 Å². The highest BCUT2D eigenvalue weighted by Gasteiger charge is 2.42. The number of carboxylic acids is 1. The number of nitrogens with zero attached hydrogens (tertiary/aromatic N) is 1. The smallest absolute Gasteiger partial charge is 0.335 e. The zero-order valence-electron chi connectivity index (χ0n) is 12.3. The molecule has 1 aliphatic rings. The Hall–Kier alpha value is -2.08. The average Bonchev–Trinajstić information content (AvgIpc) is 2.46. The summed E-state index contributed by atoms with van der Waals surface area (Å²) >= 11 is 0. The first-order valence-electron chi connectivity index (χ1n) is 6.75. The SMILES string of the molecule is COc1ccc(C2C(C(=O)O)OCC(=O)N2C(C)C)cc1. The maximum absolute atomic E-state index is 12.1. The summed E-state index contributed by atoms with van der Waals surface area (Å²) in [5.41, 5.74) is 0.713. The van der Waals surface area contributed by atoms with Crippen LogP contribution in [0.25, 0.3) is 0 Å². The van der Waals surface area contributed by atoms with Gasteiger partial charge in [-0.15, -0.1) is 0 Å². The van der Waals surface area contributed by atoms with Gasteiger partial charge in [0.15, 0.2) is 6.10 Å². The molecule has 2 atom stereocenters. The molecular weight excluding hydrogens is 274 g/mol. The highest BCUT2D eigenvalue weighted by Crippen LogP contribution is 2.33. The van der Waals surface area contributed by atoms with E-state index in [1.165, 1.54) is 0 Å². The van der Waals surface area contributed by atoms with Crippen LogP contribution < -0.4 is 4.74 Å². The normalized spacial score (nSPS) is 22.5. The molecule has 1 saturated heterocycles. The number of rotatable bonds is 4. The molecule has 114 valence electrons. The van der Waals surface area contributed by atoms with E-state index in [2.05, 4.69) is 0 Å². The lowest BCUT2D eigenvalue weighted by Gasteiger charge is -2.41. The standard InChI is InChI=1S/C15H19NO5/c1-9(2)16-12(17)8-21-14(15(18)19)13(16)10-4-6-11(20-3)7-5-10/h4-7,9,13-14H,8H2,1-3H3,(H,18,19). The van der Waals surface area contributed by atoms with E-state index in [4.69, 9.17) is 9.47 Å². The van der Waals surface area contributed by atoms with Crippen molar-refractivity contribution >= 4 is 11.9 Å². The molecule has 1 aromatic carbocycles. The lowest BCUT2D eigenvalue weighted by molar-refractivity contribution is -0.175. The van der Waals surface area contributed by atoms with Crippen LogP contribution in [0, 0.1) is 0 Å². The van der Waals surface area contributed by atoms with E-state index in [0.29, 0.717) is 11.3 Å². The van der Waals surface area contributed by atoms with Crippen molar-refractivity contribution in [1.82, 2.24) is 4.90 Å².